The molecule has 0 aliphatic carbocycles. The fraction of sp³-hybridized carbons (Fsp3) is 0.278. The van der Waals surface area contributed by atoms with Crippen LogP contribution in [0.3, 0.4) is 0 Å². The first-order chi connectivity index (χ1) is 15.7. The van der Waals surface area contributed by atoms with Crippen molar-refractivity contribution in [3.05, 3.63) is 60.7 Å². The molecule has 0 aliphatic rings. The van der Waals surface area contributed by atoms with Crippen LogP contribution < -0.4 is 0 Å². The van der Waals surface area contributed by atoms with E-state index in [1.165, 1.54) is 26.2 Å². The van der Waals surface area contributed by atoms with Gasteiger partial charge in [-0.1, -0.05) is 0 Å². The van der Waals surface area contributed by atoms with Gasteiger partial charge in [0.15, 0.2) is 14.1 Å². The maximum absolute atomic E-state index is 10.2. The molecular formula is C18H17Br4IN6O2S2. The summed E-state index contributed by atoms with van der Waals surface area (Å²) < 4.78 is 7.62. The summed E-state index contributed by atoms with van der Waals surface area (Å²) in [6, 6.07) is 0. The Hall–Kier alpha value is -0.0400. The summed E-state index contributed by atoms with van der Waals surface area (Å²) >= 11 is 17.8. The highest BCUT2D eigenvalue weighted by atomic mass is 127. The van der Waals surface area contributed by atoms with Gasteiger partial charge in [0, 0.05) is 31.0 Å². The van der Waals surface area contributed by atoms with Crippen LogP contribution in [0.2, 0.25) is 0 Å². The van der Waals surface area contributed by atoms with E-state index in [-0.39, 0.29) is 0 Å². The first kappa shape index (κ1) is 29.2. The molecule has 4 aromatic rings. The number of hydrogen-bond donors (Lipinski definition) is 1. The van der Waals surface area contributed by atoms with Crippen molar-refractivity contribution in [2.24, 2.45) is 0 Å². The lowest BCUT2D eigenvalue weighted by Gasteiger charge is -2.05. The number of hydrogen-bond acceptors (Lipinski definition) is 8. The molecule has 0 bridgehead atoms. The lowest BCUT2D eigenvalue weighted by atomic mass is 10.2. The van der Waals surface area contributed by atoms with Crippen LogP contribution in [0.25, 0.3) is 0 Å². The van der Waals surface area contributed by atoms with Gasteiger partial charge >= 0.3 is 0 Å². The van der Waals surface area contributed by atoms with E-state index in [0.29, 0.717) is 14.1 Å². The van der Waals surface area contributed by atoms with Crippen molar-refractivity contribution >= 4 is 115 Å². The molecule has 15 heteroatoms. The van der Waals surface area contributed by atoms with Crippen molar-refractivity contribution in [1.29, 1.82) is 0 Å². The number of aryl methyl sites for hydroxylation is 2. The molecule has 0 spiro atoms. The minimum Gasteiger partial charge on any atom is -0.383 e. The van der Waals surface area contributed by atoms with Crippen LogP contribution in [0.15, 0.2) is 41.8 Å². The van der Waals surface area contributed by atoms with E-state index in [4.69, 9.17) is 0 Å². The Morgan fingerprint density at radius 2 is 1.58 bits per heavy atom. The summed E-state index contributed by atoms with van der Waals surface area (Å²) in [6.07, 6.45) is 7.47. The zero-order chi connectivity index (χ0) is 24.5. The van der Waals surface area contributed by atoms with E-state index < -0.39 is 6.10 Å². The summed E-state index contributed by atoms with van der Waals surface area (Å²) in [5, 5.41) is 18.3. The number of carbonyl (C=O) groups excluding carboxylic acids is 1. The minimum absolute atomic E-state index is 0.606. The van der Waals surface area contributed by atoms with E-state index in [9.17, 15) is 9.90 Å². The van der Waals surface area contributed by atoms with Gasteiger partial charge in [-0.3, -0.25) is 14.2 Å². The quantitative estimate of drug-likeness (QED) is 0.172. The molecule has 0 saturated heterocycles. The molecular weight excluding hydrogens is 843 g/mol. The summed E-state index contributed by atoms with van der Waals surface area (Å²) in [5.41, 5.74) is 0.777. The van der Waals surface area contributed by atoms with Crippen LogP contribution in [-0.4, -0.2) is 40.9 Å². The lowest BCUT2D eigenvalue weighted by molar-refractivity contribution is 0.112. The average molecular weight is 860 g/mol. The average Bonchev–Trinajstić information content (AvgIpc) is 3.56. The topological polar surface area (TPSA) is 98.7 Å². The summed E-state index contributed by atoms with van der Waals surface area (Å²) in [6.45, 7) is 5.83. The van der Waals surface area contributed by atoms with Gasteiger partial charge in [-0.25, -0.2) is 9.97 Å². The molecule has 0 aromatic carbocycles. The summed E-state index contributed by atoms with van der Waals surface area (Å²) in [5.74, 6) is 0. The van der Waals surface area contributed by atoms with Crippen molar-refractivity contribution in [2.75, 3.05) is 0 Å². The zero-order valence-electron chi connectivity index (χ0n) is 17.1. The second-order valence-electron chi connectivity index (χ2n) is 5.91. The molecule has 1 N–H and O–H groups in total. The largest absolute Gasteiger partial charge is 0.383 e. The third-order valence-corrected chi connectivity index (χ3v) is 9.02. The van der Waals surface area contributed by atoms with Crippen molar-refractivity contribution in [1.82, 2.24) is 29.5 Å². The standard InChI is InChI=1S/C9H9Br2N3OS.C5H7IN2.C4HBr2NOS/c1-2-14-4-5(3-12-14)6(15)7-8(10)13-9(11)16-7;1-2-8-4-5(6)3-7-8;5-3-2(1-8)9-4(6)7-3/h3-4,6,15H,2H2,1H3;3-4H,2H2,1H3;1H. The number of thiazole rings is 2. The second kappa shape index (κ2) is 14.5. The maximum Gasteiger partial charge on any atom is 0.162 e. The van der Waals surface area contributed by atoms with Gasteiger partial charge in [-0.15, -0.1) is 22.7 Å². The summed E-state index contributed by atoms with van der Waals surface area (Å²) in [4.78, 5) is 19.6. The van der Waals surface area contributed by atoms with E-state index in [2.05, 4.69) is 113 Å². The molecule has 0 fully saturated rings. The highest BCUT2D eigenvalue weighted by molar-refractivity contribution is 14.1. The minimum atomic E-state index is -0.682. The molecule has 0 amide bonds. The fourth-order valence-electron chi connectivity index (χ4n) is 2.17. The monoisotopic (exact) mass is 856 g/mol. The van der Waals surface area contributed by atoms with Gasteiger partial charge in [-0.05, 0) is 100 Å². The second-order valence-corrected chi connectivity index (χ2v) is 13.3. The lowest BCUT2D eigenvalue weighted by Crippen LogP contribution is -1.97. The van der Waals surface area contributed by atoms with Crippen LogP contribution in [0.4, 0.5) is 0 Å². The summed E-state index contributed by atoms with van der Waals surface area (Å²) in [7, 11) is 0. The van der Waals surface area contributed by atoms with Gasteiger partial charge in [0.1, 0.15) is 20.2 Å². The van der Waals surface area contributed by atoms with Gasteiger partial charge in [0.2, 0.25) is 0 Å². The van der Waals surface area contributed by atoms with E-state index >= 15 is 0 Å². The van der Waals surface area contributed by atoms with Crippen molar-refractivity contribution in [2.45, 2.75) is 33.0 Å². The smallest absolute Gasteiger partial charge is 0.162 e. The number of aromatic nitrogens is 6. The molecule has 4 heterocycles. The van der Waals surface area contributed by atoms with Crippen LogP contribution in [0.1, 0.15) is 40.1 Å². The van der Waals surface area contributed by atoms with Gasteiger partial charge < -0.3 is 5.11 Å². The Labute approximate surface area is 245 Å². The fourth-order valence-corrected chi connectivity index (χ4v) is 7.07. The molecule has 0 radical (unpaired) electrons. The Morgan fingerprint density at radius 1 is 1.00 bits per heavy atom. The van der Waals surface area contributed by atoms with Crippen molar-refractivity contribution in [3.8, 4) is 0 Å². The van der Waals surface area contributed by atoms with Crippen LogP contribution in [-0.2, 0) is 13.1 Å². The number of aliphatic hydroxyl groups is 1. The third kappa shape index (κ3) is 9.16. The predicted molar refractivity (Wildman–Crippen MR) is 153 cm³/mol. The van der Waals surface area contributed by atoms with Crippen molar-refractivity contribution < 1.29 is 9.90 Å². The zero-order valence-corrected chi connectivity index (χ0v) is 27.3. The van der Waals surface area contributed by atoms with Crippen LogP contribution in [0.5, 0.6) is 0 Å². The number of aliphatic hydroxyl groups excluding tert-OH is 1. The molecule has 0 aliphatic heterocycles. The third-order valence-electron chi connectivity index (χ3n) is 3.74. The van der Waals surface area contributed by atoms with Gasteiger partial charge in [-0.2, -0.15) is 10.2 Å². The van der Waals surface area contributed by atoms with Crippen molar-refractivity contribution in [3.63, 3.8) is 0 Å². The van der Waals surface area contributed by atoms with E-state index in [1.807, 2.05) is 30.2 Å². The maximum atomic E-state index is 10.2. The van der Waals surface area contributed by atoms with Gasteiger partial charge in [0.05, 0.1) is 20.8 Å². The highest BCUT2D eigenvalue weighted by Crippen LogP contribution is 2.35. The normalized spacial score (nSPS) is 11.3. The van der Waals surface area contributed by atoms with Crippen LogP contribution in [0, 0.1) is 3.57 Å². The number of nitrogens with zero attached hydrogens (tertiary/aromatic N) is 6. The Bertz CT molecular complexity index is 1180. The number of aldehydes is 1. The Balaban J connectivity index is 0.000000192. The Morgan fingerprint density at radius 3 is 1.94 bits per heavy atom. The molecule has 4 rings (SSSR count). The van der Waals surface area contributed by atoms with E-state index in [0.717, 1.165) is 37.7 Å². The first-order valence-electron chi connectivity index (χ1n) is 9.15. The highest BCUT2D eigenvalue weighted by Gasteiger charge is 2.19. The molecule has 33 heavy (non-hydrogen) atoms. The molecule has 1 atom stereocenters. The van der Waals surface area contributed by atoms with Crippen LogP contribution >= 0.6 is 109 Å². The first-order valence-corrected chi connectivity index (χ1v) is 15.0. The predicted octanol–water partition coefficient (Wildman–Crippen LogP) is 6.95. The molecule has 1 unspecified atom stereocenters. The number of halogens is 5. The Kier molecular flexibility index (Phi) is 12.8. The molecule has 4 aromatic heterocycles. The molecule has 8 nitrogen and oxygen atoms in total. The van der Waals surface area contributed by atoms with Gasteiger partial charge in [0.25, 0.3) is 0 Å². The molecule has 0 saturated carbocycles. The SMILES string of the molecule is CCn1cc(C(O)c2sc(Br)nc2Br)cn1.CCn1cc(I)cn1.O=Cc1sc(Br)nc1Br. The number of carbonyl (C=O) groups is 1. The molecule has 178 valence electrons. The number of rotatable bonds is 5. The van der Waals surface area contributed by atoms with E-state index in [1.54, 1.807) is 10.9 Å².